The number of carbonyl (C=O) groups is 2. The Morgan fingerprint density at radius 3 is 2.32 bits per heavy atom. The van der Waals surface area contributed by atoms with Gasteiger partial charge in [-0.15, -0.1) is 0 Å². The first-order valence-corrected chi connectivity index (χ1v) is 8.06. The van der Waals surface area contributed by atoms with E-state index in [1.54, 1.807) is 0 Å². The van der Waals surface area contributed by atoms with Crippen LogP contribution in [-0.2, 0) is 9.59 Å². The Kier molecular flexibility index (Phi) is 3.08. The van der Waals surface area contributed by atoms with Gasteiger partial charge in [-0.2, -0.15) is 0 Å². The van der Waals surface area contributed by atoms with Gasteiger partial charge in [0.05, 0.1) is 5.41 Å². The first-order valence-electron chi connectivity index (χ1n) is 8.06. The summed E-state index contributed by atoms with van der Waals surface area (Å²) in [5, 5.41) is 3.10. The largest absolute Gasteiger partial charge is 0.325 e. The van der Waals surface area contributed by atoms with Crippen LogP contribution in [0.15, 0.2) is 18.2 Å². The second-order valence-corrected chi connectivity index (χ2v) is 7.91. The number of Topliss-reactive ketones (excluding diaryl/α,β-unsaturated/α-hetero) is 1. The zero-order valence-electron chi connectivity index (χ0n) is 14.2. The number of amides is 1. The Hall–Kier alpha value is -1.64. The maximum atomic E-state index is 13.1. The number of benzene rings is 1. The molecule has 3 rings (SSSR count). The van der Waals surface area contributed by atoms with Crippen molar-refractivity contribution in [1.29, 1.82) is 0 Å². The number of nitrogens with one attached hydrogen (secondary N) is 1. The quantitative estimate of drug-likeness (QED) is 0.896. The lowest BCUT2D eigenvalue weighted by atomic mass is 9.64. The molecule has 2 saturated carbocycles. The molecule has 1 N–H and O–H groups in total. The molecular weight excluding hydrogens is 274 g/mol. The van der Waals surface area contributed by atoms with Crippen molar-refractivity contribution in [3.63, 3.8) is 0 Å². The summed E-state index contributed by atoms with van der Waals surface area (Å²) in [4.78, 5) is 25.5. The molecule has 2 fully saturated rings. The third-order valence-corrected chi connectivity index (χ3v) is 6.77. The van der Waals surface area contributed by atoms with E-state index in [4.69, 9.17) is 0 Å². The van der Waals surface area contributed by atoms with E-state index in [9.17, 15) is 9.59 Å². The van der Waals surface area contributed by atoms with E-state index in [1.165, 1.54) is 5.56 Å². The minimum atomic E-state index is -0.559. The summed E-state index contributed by atoms with van der Waals surface area (Å²) in [6.07, 6.45) is 2.01. The second-order valence-electron chi connectivity index (χ2n) is 7.91. The van der Waals surface area contributed by atoms with Gasteiger partial charge in [0.1, 0.15) is 5.78 Å². The van der Waals surface area contributed by atoms with Crippen LogP contribution in [0, 0.1) is 30.1 Å². The number of fused-ring (bicyclic) bond motifs is 2. The Morgan fingerprint density at radius 2 is 1.82 bits per heavy atom. The van der Waals surface area contributed by atoms with E-state index in [2.05, 4.69) is 25.2 Å². The van der Waals surface area contributed by atoms with Gasteiger partial charge in [-0.3, -0.25) is 9.59 Å². The van der Waals surface area contributed by atoms with Crippen molar-refractivity contribution >= 4 is 17.4 Å². The maximum absolute atomic E-state index is 13.1. The minimum absolute atomic E-state index is 0.0130. The monoisotopic (exact) mass is 299 g/mol. The Bertz CT molecular complexity index is 676. The average molecular weight is 299 g/mol. The highest BCUT2D eigenvalue weighted by Crippen LogP contribution is 2.70. The van der Waals surface area contributed by atoms with Crippen molar-refractivity contribution < 1.29 is 9.59 Å². The molecule has 0 heterocycles. The Balaban J connectivity index is 1.94. The Morgan fingerprint density at radius 1 is 1.14 bits per heavy atom. The second kappa shape index (κ2) is 4.43. The molecule has 1 amide bonds. The van der Waals surface area contributed by atoms with Crippen LogP contribution in [-0.4, -0.2) is 11.7 Å². The third kappa shape index (κ3) is 1.68. The molecule has 2 aliphatic carbocycles. The van der Waals surface area contributed by atoms with Gasteiger partial charge in [-0.1, -0.05) is 38.5 Å². The smallest absolute Gasteiger partial charge is 0.231 e. The summed E-state index contributed by atoms with van der Waals surface area (Å²) in [6.45, 7) is 10.3. The summed E-state index contributed by atoms with van der Waals surface area (Å²) in [5.41, 5.74) is 1.89. The topological polar surface area (TPSA) is 46.2 Å². The standard InChI is InChI=1S/C19H25NO2/c1-12-6-7-14(13(2)10-12)20-16(22)19-9-8-18(5,15(21)11-19)17(19,3)4/h6-7,10H,8-9,11H2,1-5H3,(H,20,22)/t18-,19+/m0/s1. The predicted molar refractivity (Wildman–Crippen MR) is 87.7 cm³/mol. The fraction of sp³-hybridized carbons (Fsp3) is 0.579. The van der Waals surface area contributed by atoms with Crippen LogP contribution in [0.4, 0.5) is 5.69 Å². The van der Waals surface area contributed by atoms with Crippen LogP contribution in [0.25, 0.3) is 0 Å². The highest BCUT2D eigenvalue weighted by atomic mass is 16.2. The van der Waals surface area contributed by atoms with Crippen molar-refractivity contribution in [1.82, 2.24) is 0 Å². The molecule has 2 aliphatic rings. The lowest BCUT2D eigenvalue weighted by molar-refractivity contribution is -0.131. The normalized spacial score (nSPS) is 32.3. The van der Waals surface area contributed by atoms with Gasteiger partial charge >= 0.3 is 0 Å². The first kappa shape index (κ1) is 15.3. The van der Waals surface area contributed by atoms with Gasteiger partial charge in [0.15, 0.2) is 0 Å². The molecule has 22 heavy (non-hydrogen) atoms. The zero-order valence-corrected chi connectivity index (χ0v) is 14.2. The van der Waals surface area contributed by atoms with Crippen LogP contribution in [0.2, 0.25) is 0 Å². The molecule has 2 atom stereocenters. The lowest BCUT2D eigenvalue weighted by Gasteiger charge is -2.38. The van der Waals surface area contributed by atoms with E-state index in [0.717, 1.165) is 24.1 Å². The first-order chi connectivity index (χ1) is 10.1. The van der Waals surface area contributed by atoms with Crippen LogP contribution in [0.5, 0.6) is 0 Å². The van der Waals surface area contributed by atoms with Crippen LogP contribution in [0.1, 0.15) is 51.2 Å². The van der Waals surface area contributed by atoms with Gasteiger partial charge in [-0.05, 0) is 43.7 Å². The van der Waals surface area contributed by atoms with E-state index in [-0.39, 0.29) is 22.5 Å². The van der Waals surface area contributed by atoms with Crippen LogP contribution in [0.3, 0.4) is 0 Å². The molecule has 3 heteroatoms. The highest BCUT2D eigenvalue weighted by molar-refractivity contribution is 6.04. The molecule has 1 aromatic carbocycles. The maximum Gasteiger partial charge on any atom is 0.231 e. The molecule has 1 aromatic rings. The van der Waals surface area contributed by atoms with Crippen molar-refractivity contribution in [3.05, 3.63) is 29.3 Å². The lowest BCUT2D eigenvalue weighted by Crippen LogP contribution is -2.43. The molecular formula is C19H25NO2. The number of aryl methyl sites for hydroxylation is 2. The number of hydrogen-bond donors (Lipinski definition) is 1. The number of hydrogen-bond acceptors (Lipinski definition) is 2. The van der Waals surface area contributed by atoms with Gasteiger partial charge in [0.25, 0.3) is 0 Å². The van der Waals surface area contributed by atoms with Gasteiger partial charge in [0.2, 0.25) is 5.91 Å². The fourth-order valence-electron chi connectivity index (χ4n) is 4.56. The van der Waals surface area contributed by atoms with E-state index in [0.29, 0.717) is 6.42 Å². The molecule has 0 saturated heterocycles. The third-order valence-electron chi connectivity index (χ3n) is 6.77. The number of anilines is 1. The fourth-order valence-corrected chi connectivity index (χ4v) is 4.56. The summed E-state index contributed by atoms with van der Waals surface area (Å²) in [6, 6.07) is 6.03. The molecule has 0 aliphatic heterocycles. The highest BCUT2D eigenvalue weighted by Gasteiger charge is 2.72. The van der Waals surface area contributed by atoms with Gasteiger partial charge in [-0.25, -0.2) is 0 Å². The van der Waals surface area contributed by atoms with Crippen LogP contribution >= 0.6 is 0 Å². The molecule has 2 bridgehead atoms. The predicted octanol–water partition coefficient (Wildman–Crippen LogP) is 4.03. The van der Waals surface area contributed by atoms with E-state index in [1.807, 2.05) is 32.9 Å². The number of ketones is 1. The van der Waals surface area contributed by atoms with Crippen molar-refractivity contribution in [2.24, 2.45) is 16.2 Å². The van der Waals surface area contributed by atoms with Crippen molar-refractivity contribution in [2.45, 2.75) is 53.9 Å². The number of rotatable bonds is 2. The molecule has 0 aromatic heterocycles. The zero-order chi connectivity index (χ0) is 16.3. The molecule has 0 radical (unpaired) electrons. The van der Waals surface area contributed by atoms with Gasteiger partial charge in [0, 0.05) is 17.5 Å². The summed E-state index contributed by atoms with van der Waals surface area (Å²) >= 11 is 0. The van der Waals surface area contributed by atoms with Crippen LogP contribution < -0.4 is 5.32 Å². The minimum Gasteiger partial charge on any atom is -0.325 e. The van der Waals surface area contributed by atoms with Gasteiger partial charge < -0.3 is 5.32 Å². The molecule has 0 spiro atoms. The van der Waals surface area contributed by atoms with E-state index >= 15 is 0 Å². The molecule has 0 unspecified atom stereocenters. The SMILES string of the molecule is Cc1ccc(NC(=O)[C@@]23CC[C@@](C)(C(=O)C2)C3(C)C)c(C)c1. The summed E-state index contributed by atoms with van der Waals surface area (Å²) < 4.78 is 0. The van der Waals surface area contributed by atoms with Crippen molar-refractivity contribution in [3.8, 4) is 0 Å². The van der Waals surface area contributed by atoms with Crippen molar-refractivity contribution in [2.75, 3.05) is 5.32 Å². The average Bonchev–Trinajstić information content (AvgIpc) is 2.72. The summed E-state index contributed by atoms with van der Waals surface area (Å²) in [5.74, 6) is 0.263. The molecule has 118 valence electrons. The Labute approximate surface area is 132 Å². The van der Waals surface area contributed by atoms with E-state index < -0.39 is 5.41 Å². The summed E-state index contributed by atoms with van der Waals surface area (Å²) in [7, 11) is 0. The molecule has 3 nitrogen and oxygen atoms in total. The number of carbonyl (C=O) groups excluding carboxylic acids is 2.